The van der Waals surface area contributed by atoms with Crippen LogP contribution in [0.4, 0.5) is 22.1 Å². The molecule has 0 spiro atoms. The smallest absolute Gasteiger partial charge is 0.409 e. The van der Waals surface area contributed by atoms with Gasteiger partial charge in [0.25, 0.3) is 0 Å². The van der Waals surface area contributed by atoms with E-state index in [1.165, 1.54) is 12.4 Å². The molecule has 1 aliphatic heterocycles. The van der Waals surface area contributed by atoms with Crippen molar-refractivity contribution in [2.24, 2.45) is 0 Å². The average molecular weight is 385 g/mol. The maximum Gasteiger partial charge on any atom is 0.409 e. The minimum atomic E-state index is -1.01. The summed E-state index contributed by atoms with van der Waals surface area (Å²) in [4.78, 5) is 33.2. The molecular weight excluding hydrogens is 362 g/mol. The highest BCUT2D eigenvalue weighted by Gasteiger charge is 2.23. The zero-order valence-corrected chi connectivity index (χ0v) is 15.6. The number of hydrogen-bond acceptors (Lipinski definition) is 7. The molecule has 28 heavy (non-hydrogen) atoms. The van der Waals surface area contributed by atoms with Crippen LogP contribution in [0.3, 0.4) is 0 Å². The molecule has 9 heteroatoms. The molecular formula is C19H23N5O4. The number of nitrogens with one attached hydrogen (secondary N) is 2. The van der Waals surface area contributed by atoms with Crippen molar-refractivity contribution < 1.29 is 19.4 Å². The van der Waals surface area contributed by atoms with E-state index in [2.05, 4.69) is 20.6 Å². The number of likely N-dealkylation sites (tertiary alicyclic amines) is 1. The SMILES string of the molecule is CCOC(=O)N1CCC(Nc2cc(Nc3ccccc3C(=O)O)ncn2)CC1. The van der Waals surface area contributed by atoms with Crippen LogP contribution in [-0.4, -0.2) is 57.8 Å². The molecule has 0 aliphatic carbocycles. The summed E-state index contributed by atoms with van der Waals surface area (Å²) >= 11 is 0. The molecule has 1 aliphatic rings. The van der Waals surface area contributed by atoms with Gasteiger partial charge in [-0.2, -0.15) is 0 Å². The Kier molecular flexibility index (Phi) is 6.25. The minimum Gasteiger partial charge on any atom is -0.478 e. The van der Waals surface area contributed by atoms with Gasteiger partial charge in [-0.15, -0.1) is 0 Å². The van der Waals surface area contributed by atoms with Crippen molar-refractivity contribution in [1.29, 1.82) is 0 Å². The molecule has 1 amide bonds. The topological polar surface area (TPSA) is 117 Å². The fraction of sp³-hybridized carbons (Fsp3) is 0.368. The van der Waals surface area contributed by atoms with Crippen LogP contribution in [-0.2, 0) is 4.74 Å². The molecule has 0 saturated carbocycles. The molecule has 0 atom stereocenters. The van der Waals surface area contributed by atoms with Gasteiger partial charge in [-0.1, -0.05) is 12.1 Å². The van der Waals surface area contributed by atoms with Crippen LogP contribution in [0, 0.1) is 0 Å². The highest BCUT2D eigenvalue weighted by Crippen LogP contribution is 2.22. The zero-order valence-electron chi connectivity index (χ0n) is 15.6. The number of carbonyl (C=O) groups excluding carboxylic acids is 1. The van der Waals surface area contributed by atoms with E-state index in [1.54, 1.807) is 36.1 Å². The van der Waals surface area contributed by atoms with Gasteiger partial charge >= 0.3 is 12.1 Å². The highest BCUT2D eigenvalue weighted by atomic mass is 16.6. The Morgan fingerprint density at radius 3 is 2.64 bits per heavy atom. The van der Waals surface area contributed by atoms with Crippen molar-refractivity contribution in [2.45, 2.75) is 25.8 Å². The number of piperidine rings is 1. The molecule has 0 radical (unpaired) electrons. The molecule has 1 fully saturated rings. The van der Waals surface area contributed by atoms with E-state index < -0.39 is 5.97 Å². The molecule has 2 heterocycles. The van der Waals surface area contributed by atoms with Crippen molar-refractivity contribution in [2.75, 3.05) is 30.3 Å². The van der Waals surface area contributed by atoms with Gasteiger partial charge in [-0.25, -0.2) is 19.6 Å². The van der Waals surface area contributed by atoms with E-state index in [4.69, 9.17) is 4.74 Å². The first kappa shape index (κ1) is 19.4. The maximum absolute atomic E-state index is 11.8. The number of benzene rings is 1. The molecule has 148 valence electrons. The Hall–Kier alpha value is -3.36. The van der Waals surface area contributed by atoms with Crippen LogP contribution in [0.5, 0.6) is 0 Å². The van der Waals surface area contributed by atoms with Crippen LogP contribution in [0.25, 0.3) is 0 Å². The number of aromatic carboxylic acids is 1. The van der Waals surface area contributed by atoms with Crippen LogP contribution in [0.2, 0.25) is 0 Å². The predicted molar refractivity (Wildman–Crippen MR) is 104 cm³/mol. The number of amides is 1. The lowest BCUT2D eigenvalue weighted by Gasteiger charge is -2.31. The minimum absolute atomic E-state index is 0.168. The van der Waals surface area contributed by atoms with Crippen LogP contribution in [0.15, 0.2) is 36.7 Å². The van der Waals surface area contributed by atoms with E-state index >= 15 is 0 Å². The maximum atomic E-state index is 11.8. The summed E-state index contributed by atoms with van der Waals surface area (Å²) in [5.41, 5.74) is 0.629. The molecule has 0 bridgehead atoms. The Labute approximate surface area is 162 Å². The molecule has 3 N–H and O–H groups in total. The molecule has 9 nitrogen and oxygen atoms in total. The number of aromatic nitrogens is 2. The van der Waals surface area contributed by atoms with Gasteiger partial charge in [0.15, 0.2) is 0 Å². The van der Waals surface area contributed by atoms with Gasteiger partial charge in [0.2, 0.25) is 0 Å². The van der Waals surface area contributed by atoms with Crippen molar-refractivity contribution in [3.05, 3.63) is 42.2 Å². The van der Waals surface area contributed by atoms with E-state index in [0.717, 1.165) is 12.8 Å². The first-order valence-electron chi connectivity index (χ1n) is 9.16. The lowest BCUT2D eigenvalue weighted by atomic mass is 10.1. The zero-order chi connectivity index (χ0) is 19.9. The number of hydrogen-bond donors (Lipinski definition) is 3. The number of carbonyl (C=O) groups is 2. The normalized spacial score (nSPS) is 14.4. The number of anilines is 3. The monoisotopic (exact) mass is 385 g/mol. The Bertz CT molecular complexity index is 837. The first-order chi connectivity index (χ1) is 13.6. The van der Waals surface area contributed by atoms with E-state index in [9.17, 15) is 14.7 Å². The molecule has 0 unspecified atom stereocenters. The predicted octanol–water partition coefficient (Wildman–Crippen LogP) is 2.95. The second kappa shape index (κ2) is 9.03. The number of para-hydroxylation sites is 1. The van der Waals surface area contributed by atoms with Crippen molar-refractivity contribution in [3.63, 3.8) is 0 Å². The third-order valence-corrected chi connectivity index (χ3v) is 4.46. The van der Waals surface area contributed by atoms with Gasteiger partial charge in [0.05, 0.1) is 17.9 Å². The first-order valence-corrected chi connectivity index (χ1v) is 9.16. The Morgan fingerprint density at radius 1 is 1.21 bits per heavy atom. The van der Waals surface area contributed by atoms with Crippen LogP contribution in [0.1, 0.15) is 30.1 Å². The second-order valence-corrected chi connectivity index (χ2v) is 6.37. The molecule has 3 rings (SSSR count). The lowest BCUT2D eigenvalue weighted by Crippen LogP contribution is -2.42. The van der Waals surface area contributed by atoms with Crippen LogP contribution >= 0.6 is 0 Å². The van der Waals surface area contributed by atoms with Crippen molar-refractivity contribution >= 4 is 29.4 Å². The fourth-order valence-corrected chi connectivity index (χ4v) is 3.05. The van der Waals surface area contributed by atoms with Crippen molar-refractivity contribution in [1.82, 2.24) is 14.9 Å². The second-order valence-electron chi connectivity index (χ2n) is 6.37. The number of carboxylic acid groups (broad SMARTS) is 1. The fourth-order valence-electron chi connectivity index (χ4n) is 3.05. The Morgan fingerprint density at radius 2 is 1.93 bits per heavy atom. The van der Waals surface area contributed by atoms with Gasteiger partial charge in [-0.3, -0.25) is 0 Å². The average Bonchev–Trinajstić information content (AvgIpc) is 2.69. The third-order valence-electron chi connectivity index (χ3n) is 4.46. The highest BCUT2D eigenvalue weighted by molar-refractivity contribution is 5.95. The number of nitrogens with zero attached hydrogens (tertiary/aromatic N) is 3. The third kappa shape index (κ3) is 4.87. The molecule has 1 aromatic heterocycles. The summed E-state index contributed by atoms with van der Waals surface area (Å²) in [6.07, 6.45) is 2.72. The van der Waals surface area contributed by atoms with Crippen LogP contribution < -0.4 is 10.6 Å². The van der Waals surface area contributed by atoms with Gasteiger partial charge in [0, 0.05) is 25.2 Å². The summed E-state index contributed by atoms with van der Waals surface area (Å²) in [7, 11) is 0. The number of ether oxygens (including phenoxy) is 1. The van der Waals surface area contributed by atoms with Gasteiger partial charge < -0.3 is 25.4 Å². The summed E-state index contributed by atoms with van der Waals surface area (Å²) in [6, 6.07) is 8.55. The Balaban J connectivity index is 1.60. The summed E-state index contributed by atoms with van der Waals surface area (Å²) in [5.74, 6) is 0.124. The van der Waals surface area contributed by atoms with Gasteiger partial charge in [-0.05, 0) is 31.9 Å². The molecule has 1 aromatic carbocycles. The number of rotatable bonds is 6. The van der Waals surface area contributed by atoms with E-state index in [1.807, 2.05) is 0 Å². The summed E-state index contributed by atoms with van der Waals surface area (Å²) in [5, 5.41) is 15.7. The van der Waals surface area contributed by atoms with Gasteiger partial charge in [0.1, 0.15) is 18.0 Å². The lowest BCUT2D eigenvalue weighted by molar-refractivity contribution is 0.0697. The van der Waals surface area contributed by atoms with E-state index in [-0.39, 0.29) is 17.7 Å². The largest absolute Gasteiger partial charge is 0.478 e. The molecule has 1 saturated heterocycles. The molecule has 2 aromatic rings. The summed E-state index contributed by atoms with van der Waals surface area (Å²) in [6.45, 7) is 3.41. The van der Waals surface area contributed by atoms with E-state index in [0.29, 0.717) is 37.0 Å². The number of carboxylic acids is 1. The quantitative estimate of drug-likeness (QED) is 0.695. The summed E-state index contributed by atoms with van der Waals surface area (Å²) < 4.78 is 5.03. The standard InChI is InChI=1S/C19H23N5O4/c1-2-28-19(27)24-9-7-13(8-10-24)22-16-11-17(21-12-20-16)23-15-6-4-3-5-14(15)18(25)26/h3-6,11-13H,2,7-10H2,1H3,(H,25,26)(H2,20,21,22,23). The van der Waals surface area contributed by atoms with Crippen molar-refractivity contribution in [3.8, 4) is 0 Å².